The molecule has 0 bridgehead atoms. The summed E-state index contributed by atoms with van der Waals surface area (Å²) in [4.78, 5) is 24.1. The van der Waals surface area contributed by atoms with E-state index in [0.29, 0.717) is 11.3 Å². The lowest BCUT2D eigenvalue weighted by Crippen LogP contribution is -2.48. The molecule has 9 heteroatoms. The molecule has 0 saturated carbocycles. The third-order valence-corrected chi connectivity index (χ3v) is 4.53. The Kier molecular flexibility index (Phi) is 7.80. The van der Waals surface area contributed by atoms with E-state index in [-0.39, 0.29) is 17.4 Å². The Balaban J connectivity index is 1.81. The van der Waals surface area contributed by atoms with Crippen molar-refractivity contribution in [2.75, 3.05) is 14.2 Å². The minimum Gasteiger partial charge on any atom is -0.497 e. The number of hydrogen-bond acceptors (Lipinski definition) is 5. The van der Waals surface area contributed by atoms with Crippen LogP contribution in [0.25, 0.3) is 0 Å². The standard InChI is InChI=1S/C18H18IN3O4S/c1-25-13-6-3-11(4-7-13)9-16(23)21-22-18(27)20-17(24)12-5-8-15(26-2)14(19)10-12/h3-8,10H,9H2,1-2H3,(H,21,23)(H2,20,22,24,27). The van der Waals surface area contributed by atoms with Crippen LogP contribution < -0.4 is 25.6 Å². The molecular weight excluding hydrogens is 481 g/mol. The summed E-state index contributed by atoms with van der Waals surface area (Å²) in [5, 5.41) is 2.50. The number of hydrazine groups is 1. The van der Waals surface area contributed by atoms with Crippen LogP contribution in [0.1, 0.15) is 15.9 Å². The quantitative estimate of drug-likeness (QED) is 0.332. The topological polar surface area (TPSA) is 88.7 Å². The zero-order valence-corrected chi connectivity index (χ0v) is 17.6. The van der Waals surface area contributed by atoms with Gasteiger partial charge in [0.2, 0.25) is 5.91 Å². The van der Waals surface area contributed by atoms with Crippen LogP contribution in [0.5, 0.6) is 11.5 Å². The molecule has 0 heterocycles. The third kappa shape index (κ3) is 6.36. The van der Waals surface area contributed by atoms with E-state index in [9.17, 15) is 9.59 Å². The van der Waals surface area contributed by atoms with E-state index >= 15 is 0 Å². The SMILES string of the molecule is COc1ccc(CC(=O)NNC(=S)NC(=O)c2ccc(OC)c(I)c2)cc1. The van der Waals surface area contributed by atoms with Gasteiger partial charge in [0.05, 0.1) is 24.2 Å². The number of carbonyl (C=O) groups excluding carboxylic acids is 2. The molecule has 142 valence electrons. The summed E-state index contributed by atoms with van der Waals surface area (Å²) in [7, 11) is 3.14. The van der Waals surface area contributed by atoms with Crippen LogP contribution in [0.15, 0.2) is 42.5 Å². The maximum atomic E-state index is 12.2. The summed E-state index contributed by atoms with van der Waals surface area (Å²) in [5.41, 5.74) is 6.20. The van der Waals surface area contributed by atoms with Gasteiger partial charge in [-0.05, 0) is 70.7 Å². The Labute approximate surface area is 175 Å². The maximum Gasteiger partial charge on any atom is 0.257 e. The normalized spacial score (nSPS) is 9.89. The zero-order chi connectivity index (χ0) is 19.8. The van der Waals surface area contributed by atoms with Crippen molar-refractivity contribution in [2.45, 2.75) is 6.42 Å². The highest BCUT2D eigenvalue weighted by Crippen LogP contribution is 2.21. The van der Waals surface area contributed by atoms with Gasteiger partial charge in [-0.1, -0.05) is 12.1 Å². The molecule has 0 aliphatic carbocycles. The Bertz CT molecular complexity index is 843. The molecule has 2 aromatic rings. The number of carbonyl (C=O) groups is 2. The highest BCUT2D eigenvalue weighted by molar-refractivity contribution is 14.1. The predicted octanol–water partition coefficient (Wildman–Crippen LogP) is 2.19. The number of amides is 2. The van der Waals surface area contributed by atoms with Gasteiger partial charge < -0.3 is 9.47 Å². The minimum absolute atomic E-state index is 0.00564. The second kappa shape index (κ2) is 10.1. The summed E-state index contributed by atoms with van der Waals surface area (Å²) in [5.74, 6) is 0.709. The first kappa shape index (κ1) is 20.9. The van der Waals surface area contributed by atoms with Gasteiger partial charge >= 0.3 is 0 Å². The molecule has 0 radical (unpaired) electrons. The summed E-state index contributed by atoms with van der Waals surface area (Å²) in [6.45, 7) is 0. The zero-order valence-electron chi connectivity index (χ0n) is 14.7. The van der Waals surface area contributed by atoms with Crippen molar-refractivity contribution in [1.82, 2.24) is 16.2 Å². The third-order valence-electron chi connectivity index (χ3n) is 3.48. The molecule has 27 heavy (non-hydrogen) atoms. The van der Waals surface area contributed by atoms with E-state index in [1.54, 1.807) is 56.7 Å². The van der Waals surface area contributed by atoms with Gasteiger partial charge in [0, 0.05) is 5.56 Å². The van der Waals surface area contributed by atoms with Gasteiger partial charge in [0.1, 0.15) is 11.5 Å². The molecule has 0 atom stereocenters. The number of halogens is 1. The lowest BCUT2D eigenvalue weighted by molar-refractivity contribution is -0.121. The highest BCUT2D eigenvalue weighted by atomic mass is 127. The van der Waals surface area contributed by atoms with E-state index in [4.69, 9.17) is 21.7 Å². The molecule has 2 rings (SSSR count). The largest absolute Gasteiger partial charge is 0.497 e. The summed E-state index contributed by atoms with van der Waals surface area (Å²) in [6.07, 6.45) is 0.157. The van der Waals surface area contributed by atoms with Crippen LogP contribution in [0.3, 0.4) is 0 Å². The first-order valence-electron chi connectivity index (χ1n) is 7.79. The van der Waals surface area contributed by atoms with Crippen molar-refractivity contribution < 1.29 is 19.1 Å². The monoisotopic (exact) mass is 499 g/mol. The van der Waals surface area contributed by atoms with Gasteiger partial charge in [-0.15, -0.1) is 0 Å². The van der Waals surface area contributed by atoms with Crippen molar-refractivity contribution in [3.05, 3.63) is 57.2 Å². The van der Waals surface area contributed by atoms with Crippen LogP contribution in [0.4, 0.5) is 0 Å². The molecule has 3 N–H and O–H groups in total. The van der Waals surface area contributed by atoms with Gasteiger partial charge in [-0.2, -0.15) is 0 Å². The van der Waals surface area contributed by atoms with Crippen LogP contribution >= 0.6 is 34.8 Å². The van der Waals surface area contributed by atoms with E-state index in [1.807, 2.05) is 0 Å². The average Bonchev–Trinajstić information content (AvgIpc) is 2.67. The van der Waals surface area contributed by atoms with E-state index in [2.05, 4.69) is 38.8 Å². The van der Waals surface area contributed by atoms with Crippen molar-refractivity contribution in [2.24, 2.45) is 0 Å². The van der Waals surface area contributed by atoms with Crippen LogP contribution in [-0.2, 0) is 11.2 Å². The number of hydrogen-bond donors (Lipinski definition) is 3. The number of thiocarbonyl (C=S) groups is 1. The fourth-order valence-electron chi connectivity index (χ4n) is 2.11. The number of nitrogens with one attached hydrogen (secondary N) is 3. The van der Waals surface area contributed by atoms with E-state index in [0.717, 1.165) is 14.9 Å². The van der Waals surface area contributed by atoms with Crippen LogP contribution in [0, 0.1) is 3.57 Å². The summed E-state index contributed by atoms with van der Waals surface area (Å²) in [6, 6.07) is 12.1. The van der Waals surface area contributed by atoms with Crippen molar-refractivity contribution in [3.8, 4) is 11.5 Å². The van der Waals surface area contributed by atoms with Gasteiger partial charge in [0.15, 0.2) is 5.11 Å². The van der Waals surface area contributed by atoms with Crippen molar-refractivity contribution in [1.29, 1.82) is 0 Å². The van der Waals surface area contributed by atoms with Gasteiger partial charge in [0.25, 0.3) is 5.91 Å². The minimum atomic E-state index is -0.391. The molecule has 2 aromatic carbocycles. The number of benzene rings is 2. The molecule has 0 unspecified atom stereocenters. The van der Waals surface area contributed by atoms with Gasteiger partial charge in [-0.25, -0.2) is 0 Å². The Hall–Kier alpha value is -2.40. The summed E-state index contributed by atoms with van der Waals surface area (Å²) < 4.78 is 11.0. The van der Waals surface area contributed by atoms with Crippen LogP contribution in [-0.4, -0.2) is 31.1 Å². The Morgan fingerprint density at radius 3 is 2.33 bits per heavy atom. The highest BCUT2D eigenvalue weighted by Gasteiger charge is 2.11. The Morgan fingerprint density at radius 2 is 1.74 bits per heavy atom. The molecule has 0 fully saturated rings. The molecule has 0 aromatic heterocycles. The summed E-state index contributed by atoms with van der Waals surface area (Å²) >= 11 is 7.10. The fraction of sp³-hybridized carbons (Fsp3) is 0.167. The Morgan fingerprint density at radius 1 is 1.04 bits per heavy atom. The fourth-order valence-corrected chi connectivity index (χ4v) is 2.99. The van der Waals surface area contributed by atoms with E-state index < -0.39 is 5.91 Å². The average molecular weight is 499 g/mol. The molecule has 0 spiro atoms. The molecular formula is C18H18IN3O4S. The maximum absolute atomic E-state index is 12.2. The molecule has 0 aliphatic heterocycles. The van der Waals surface area contributed by atoms with E-state index in [1.165, 1.54) is 0 Å². The first-order valence-corrected chi connectivity index (χ1v) is 9.28. The number of methoxy groups -OCH3 is 2. The van der Waals surface area contributed by atoms with Crippen molar-refractivity contribution in [3.63, 3.8) is 0 Å². The molecule has 7 nitrogen and oxygen atoms in total. The van der Waals surface area contributed by atoms with Crippen LogP contribution in [0.2, 0.25) is 0 Å². The second-order valence-electron chi connectivity index (χ2n) is 5.33. The molecule has 0 aliphatic rings. The lowest BCUT2D eigenvalue weighted by Gasteiger charge is -2.11. The molecule has 0 saturated heterocycles. The lowest BCUT2D eigenvalue weighted by atomic mass is 10.1. The second-order valence-corrected chi connectivity index (χ2v) is 6.90. The van der Waals surface area contributed by atoms with Gasteiger partial charge in [-0.3, -0.25) is 25.8 Å². The first-order chi connectivity index (χ1) is 12.9. The smallest absolute Gasteiger partial charge is 0.257 e. The number of ether oxygens (including phenoxy) is 2. The predicted molar refractivity (Wildman–Crippen MR) is 114 cm³/mol. The van der Waals surface area contributed by atoms with Crippen molar-refractivity contribution >= 4 is 51.7 Å². The molecule has 2 amide bonds. The number of rotatable bonds is 5.